The molecule has 1 aromatic carbocycles. The molecule has 27 heavy (non-hydrogen) atoms. The van der Waals surface area contributed by atoms with Gasteiger partial charge in [0.2, 0.25) is 0 Å². The van der Waals surface area contributed by atoms with Gasteiger partial charge in [0.1, 0.15) is 5.75 Å². The number of amides is 3. The van der Waals surface area contributed by atoms with Gasteiger partial charge in [0.15, 0.2) is 0 Å². The first-order valence-corrected chi connectivity index (χ1v) is 10.1. The molecular formula is C19H18N2O4S2. The summed E-state index contributed by atoms with van der Waals surface area (Å²) in [6.45, 7) is 2.77. The van der Waals surface area contributed by atoms with E-state index in [0.29, 0.717) is 22.8 Å². The van der Waals surface area contributed by atoms with Crippen LogP contribution in [0.2, 0.25) is 0 Å². The number of carbonyl (C=O) groups is 3. The highest BCUT2D eigenvalue weighted by Crippen LogP contribution is 2.32. The standard InChI is InChI=1S/C19H18N2O4S2/c1-2-25-14-7-5-13(6-8-14)17(22)20-9-10-21-18(23)16(27-19(21)24)12-15-4-3-11-26-15/h3-8,11-12H,2,9-10H2,1H3,(H,20,22)/b16-12+. The Labute approximate surface area is 165 Å². The van der Waals surface area contributed by atoms with Crippen molar-refractivity contribution in [3.05, 3.63) is 57.1 Å². The highest BCUT2D eigenvalue weighted by Gasteiger charge is 2.34. The van der Waals surface area contributed by atoms with Crippen LogP contribution in [0.3, 0.4) is 0 Å². The van der Waals surface area contributed by atoms with Gasteiger partial charge in [-0.1, -0.05) is 6.07 Å². The van der Waals surface area contributed by atoms with Crippen LogP contribution in [0.15, 0.2) is 46.7 Å². The number of hydrogen-bond donors (Lipinski definition) is 1. The number of nitrogens with zero attached hydrogens (tertiary/aromatic N) is 1. The summed E-state index contributed by atoms with van der Waals surface area (Å²) in [4.78, 5) is 39.1. The van der Waals surface area contributed by atoms with Gasteiger partial charge in [-0.3, -0.25) is 19.3 Å². The summed E-state index contributed by atoms with van der Waals surface area (Å²) in [5.41, 5.74) is 0.491. The highest BCUT2D eigenvalue weighted by atomic mass is 32.2. The van der Waals surface area contributed by atoms with E-state index in [2.05, 4.69) is 5.32 Å². The van der Waals surface area contributed by atoms with Crippen molar-refractivity contribution >= 4 is 46.2 Å². The van der Waals surface area contributed by atoms with Crippen LogP contribution >= 0.6 is 23.1 Å². The molecule has 0 bridgehead atoms. The van der Waals surface area contributed by atoms with Gasteiger partial charge in [-0.25, -0.2) is 0 Å². The van der Waals surface area contributed by atoms with E-state index in [1.165, 1.54) is 11.3 Å². The normalized spacial score (nSPS) is 15.4. The van der Waals surface area contributed by atoms with Crippen molar-refractivity contribution in [2.45, 2.75) is 6.92 Å². The van der Waals surface area contributed by atoms with Gasteiger partial charge in [0.25, 0.3) is 17.1 Å². The number of rotatable bonds is 7. The van der Waals surface area contributed by atoms with Gasteiger partial charge in [-0.05, 0) is 60.5 Å². The molecule has 0 radical (unpaired) electrons. The Morgan fingerprint density at radius 2 is 2.00 bits per heavy atom. The van der Waals surface area contributed by atoms with Crippen LogP contribution in [0, 0.1) is 0 Å². The molecule has 1 aromatic heterocycles. The van der Waals surface area contributed by atoms with Crippen LogP contribution in [0.25, 0.3) is 6.08 Å². The first-order chi connectivity index (χ1) is 13.1. The Hall–Kier alpha value is -2.58. The van der Waals surface area contributed by atoms with Crippen LogP contribution in [-0.2, 0) is 4.79 Å². The van der Waals surface area contributed by atoms with Gasteiger partial charge in [-0.15, -0.1) is 11.3 Å². The molecule has 6 nitrogen and oxygen atoms in total. The van der Waals surface area contributed by atoms with Crippen molar-refractivity contribution in [3.63, 3.8) is 0 Å². The summed E-state index contributed by atoms with van der Waals surface area (Å²) in [6, 6.07) is 10.6. The maximum atomic E-state index is 12.4. The number of carbonyl (C=O) groups excluding carboxylic acids is 3. The molecule has 0 unspecified atom stereocenters. The Balaban J connectivity index is 1.53. The number of thioether (sulfide) groups is 1. The summed E-state index contributed by atoms with van der Waals surface area (Å²) in [5.74, 6) is 0.109. The zero-order valence-corrected chi connectivity index (χ0v) is 16.3. The number of benzene rings is 1. The summed E-state index contributed by atoms with van der Waals surface area (Å²) >= 11 is 2.42. The van der Waals surface area contributed by atoms with Crippen LogP contribution in [0.1, 0.15) is 22.2 Å². The SMILES string of the molecule is CCOc1ccc(C(=O)NCCN2C(=O)S/C(=C/c3cccs3)C2=O)cc1. The Kier molecular flexibility index (Phi) is 6.31. The fourth-order valence-corrected chi connectivity index (χ4v) is 4.04. The second-order valence-electron chi connectivity index (χ2n) is 5.56. The maximum Gasteiger partial charge on any atom is 0.293 e. The molecule has 1 saturated heterocycles. The number of hydrogen-bond acceptors (Lipinski definition) is 6. The molecule has 140 valence electrons. The molecule has 1 fully saturated rings. The topological polar surface area (TPSA) is 75.7 Å². The number of thiophene rings is 1. The third kappa shape index (κ3) is 4.78. The predicted molar refractivity (Wildman–Crippen MR) is 107 cm³/mol. The lowest BCUT2D eigenvalue weighted by atomic mass is 10.2. The first-order valence-electron chi connectivity index (χ1n) is 8.38. The van der Waals surface area contributed by atoms with Crippen LogP contribution in [-0.4, -0.2) is 41.6 Å². The molecule has 2 aromatic rings. The molecular weight excluding hydrogens is 384 g/mol. The minimum Gasteiger partial charge on any atom is -0.494 e. The van der Waals surface area contributed by atoms with Gasteiger partial charge in [0, 0.05) is 23.5 Å². The summed E-state index contributed by atoms with van der Waals surface area (Å²) in [5, 5.41) is 4.31. The second-order valence-corrected chi connectivity index (χ2v) is 7.53. The third-order valence-electron chi connectivity index (χ3n) is 3.74. The van der Waals surface area contributed by atoms with Crippen LogP contribution in [0.5, 0.6) is 5.75 Å². The molecule has 0 spiro atoms. The largest absolute Gasteiger partial charge is 0.494 e. The Bertz CT molecular complexity index is 860. The van der Waals surface area contributed by atoms with Crippen molar-refractivity contribution in [1.82, 2.24) is 10.2 Å². The lowest BCUT2D eigenvalue weighted by Crippen LogP contribution is -2.37. The van der Waals surface area contributed by atoms with E-state index in [0.717, 1.165) is 21.5 Å². The minimum absolute atomic E-state index is 0.134. The van der Waals surface area contributed by atoms with E-state index in [9.17, 15) is 14.4 Å². The Morgan fingerprint density at radius 3 is 2.67 bits per heavy atom. The fraction of sp³-hybridized carbons (Fsp3) is 0.211. The predicted octanol–water partition coefficient (Wildman–Crippen LogP) is 3.61. The Morgan fingerprint density at radius 1 is 1.22 bits per heavy atom. The zero-order chi connectivity index (χ0) is 19.2. The lowest BCUT2D eigenvalue weighted by molar-refractivity contribution is -0.122. The summed E-state index contributed by atoms with van der Waals surface area (Å²) < 4.78 is 5.34. The van der Waals surface area contributed by atoms with E-state index in [-0.39, 0.29) is 30.1 Å². The molecule has 1 aliphatic heterocycles. The minimum atomic E-state index is -0.325. The number of imide groups is 1. The molecule has 3 amide bonds. The zero-order valence-electron chi connectivity index (χ0n) is 14.6. The smallest absolute Gasteiger partial charge is 0.293 e. The van der Waals surface area contributed by atoms with E-state index in [4.69, 9.17) is 4.74 Å². The van der Waals surface area contributed by atoms with Crippen molar-refractivity contribution in [2.75, 3.05) is 19.7 Å². The van der Waals surface area contributed by atoms with Crippen molar-refractivity contribution in [2.24, 2.45) is 0 Å². The van der Waals surface area contributed by atoms with Crippen LogP contribution in [0.4, 0.5) is 4.79 Å². The lowest BCUT2D eigenvalue weighted by Gasteiger charge is -2.13. The molecule has 1 N–H and O–H groups in total. The molecule has 2 heterocycles. The van der Waals surface area contributed by atoms with Gasteiger partial charge in [0.05, 0.1) is 11.5 Å². The van der Waals surface area contributed by atoms with E-state index in [1.54, 1.807) is 30.3 Å². The summed E-state index contributed by atoms with van der Waals surface area (Å²) in [6.07, 6.45) is 1.72. The molecule has 8 heteroatoms. The van der Waals surface area contributed by atoms with Crippen LogP contribution < -0.4 is 10.1 Å². The molecule has 3 rings (SSSR count). The van der Waals surface area contributed by atoms with E-state index >= 15 is 0 Å². The molecule has 0 atom stereocenters. The van der Waals surface area contributed by atoms with Crippen molar-refractivity contribution in [1.29, 1.82) is 0 Å². The second kappa shape index (κ2) is 8.88. The van der Waals surface area contributed by atoms with Gasteiger partial charge >= 0.3 is 0 Å². The average Bonchev–Trinajstić information content (AvgIpc) is 3.26. The summed E-state index contributed by atoms with van der Waals surface area (Å²) in [7, 11) is 0. The average molecular weight is 402 g/mol. The molecule has 0 saturated carbocycles. The van der Waals surface area contributed by atoms with Crippen molar-refractivity contribution in [3.8, 4) is 5.75 Å². The quantitative estimate of drug-likeness (QED) is 0.716. The first kappa shape index (κ1) is 19.2. The third-order valence-corrected chi connectivity index (χ3v) is 5.47. The number of nitrogens with one attached hydrogen (secondary N) is 1. The highest BCUT2D eigenvalue weighted by molar-refractivity contribution is 8.18. The van der Waals surface area contributed by atoms with E-state index < -0.39 is 0 Å². The van der Waals surface area contributed by atoms with Gasteiger partial charge in [-0.2, -0.15) is 0 Å². The maximum absolute atomic E-state index is 12.4. The van der Waals surface area contributed by atoms with E-state index in [1.807, 2.05) is 24.4 Å². The number of ether oxygens (including phenoxy) is 1. The van der Waals surface area contributed by atoms with Crippen molar-refractivity contribution < 1.29 is 19.1 Å². The van der Waals surface area contributed by atoms with Gasteiger partial charge < -0.3 is 10.1 Å². The molecule has 1 aliphatic rings. The monoisotopic (exact) mass is 402 g/mol. The fourth-order valence-electron chi connectivity index (χ4n) is 2.45. The molecule has 0 aliphatic carbocycles.